The molecule has 96 valence electrons. The fourth-order valence-corrected chi connectivity index (χ4v) is 2.86. The SMILES string of the molecule is CC(C)[C@@H]1C=C[C@](C)(/C=C/N2CCCC2)CC1. The molecule has 1 heterocycles. The highest BCUT2D eigenvalue weighted by molar-refractivity contribution is 5.14. The Bertz CT molecular complexity index is 297. The Labute approximate surface area is 107 Å². The maximum absolute atomic E-state index is 2.47. The van der Waals surface area contributed by atoms with Crippen molar-refractivity contribution in [3.8, 4) is 0 Å². The Morgan fingerprint density at radius 1 is 1.29 bits per heavy atom. The minimum atomic E-state index is 0.300. The van der Waals surface area contributed by atoms with Crippen molar-refractivity contribution in [3.63, 3.8) is 0 Å². The first-order valence-corrected chi connectivity index (χ1v) is 7.22. The van der Waals surface area contributed by atoms with E-state index in [2.05, 4.69) is 50.1 Å². The van der Waals surface area contributed by atoms with Crippen LogP contribution in [0.1, 0.15) is 46.5 Å². The van der Waals surface area contributed by atoms with Crippen LogP contribution in [0.15, 0.2) is 24.4 Å². The van der Waals surface area contributed by atoms with Gasteiger partial charge in [-0.2, -0.15) is 0 Å². The summed E-state index contributed by atoms with van der Waals surface area (Å²) in [6.07, 6.45) is 15.0. The average Bonchev–Trinajstić information content (AvgIpc) is 2.80. The summed E-state index contributed by atoms with van der Waals surface area (Å²) < 4.78 is 0. The van der Waals surface area contributed by atoms with Crippen molar-refractivity contribution in [2.45, 2.75) is 46.5 Å². The van der Waals surface area contributed by atoms with Gasteiger partial charge in [-0.25, -0.2) is 0 Å². The fourth-order valence-electron chi connectivity index (χ4n) is 2.86. The van der Waals surface area contributed by atoms with Crippen LogP contribution in [0.2, 0.25) is 0 Å². The van der Waals surface area contributed by atoms with Crippen LogP contribution in [-0.2, 0) is 0 Å². The van der Waals surface area contributed by atoms with Crippen molar-refractivity contribution in [2.75, 3.05) is 13.1 Å². The molecular weight excluding hydrogens is 206 g/mol. The summed E-state index contributed by atoms with van der Waals surface area (Å²) in [6.45, 7) is 9.54. The molecule has 2 rings (SSSR count). The molecule has 2 atom stereocenters. The number of hydrogen-bond donors (Lipinski definition) is 0. The van der Waals surface area contributed by atoms with E-state index in [4.69, 9.17) is 0 Å². The zero-order valence-electron chi connectivity index (χ0n) is 11.7. The molecule has 1 fully saturated rings. The first kappa shape index (κ1) is 12.7. The van der Waals surface area contributed by atoms with E-state index in [0.29, 0.717) is 5.41 Å². The van der Waals surface area contributed by atoms with Crippen LogP contribution in [-0.4, -0.2) is 18.0 Å². The van der Waals surface area contributed by atoms with Crippen LogP contribution in [0.4, 0.5) is 0 Å². The summed E-state index contributed by atoms with van der Waals surface area (Å²) in [4.78, 5) is 2.47. The van der Waals surface area contributed by atoms with Gasteiger partial charge in [0.2, 0.25) is 0 Å². The quantitative estimate of drug-likeness (QED) is 0.660. The smallest absolute Gasteiger partial charge is 0.0173 e. The van der Waals surface area contributed by atoms with Crippen LogP contribution in [0, 0.1) is 17.3 Å². The Kier molecular flexibility index (Phi) is 3.96. The predicted octanol–water partition coefficient (Wildman–Crippen LogP) is 4.22. The van der Waals surface area contributed by atoms with Gasteiger partial charge in [0.25, 0.3) is 0 Å². The van der Waals surface area contributed by atoms with Crippen molar-refractivity contribution in [3.05, 3.63) is 24.4 Å². The maximum atomic E-state index is 2.47. The molecule has 1 aliphatic heterocycles. The second-order valence-corrected chi connectivity index (χ2v) is 6.37. The Balaban J connectivity index is 1.93. The number of nitrogens with zero attached hydrogens (tertiary/aromatic N) is 1. The minimum Gasteiger partial charge on any atom is -0.378 e. The van der Waals surface area contributed by atoms with Crippen LogP contribution in [0.3, 0.4) is 0 Å². The molecule has 1 nitrogen and oxygen atoms in total. The molecular formula is C16H27N. The Hall–Kier alpha value is -0.720. The van der Waals surface area contributed by atoms with Crippen molar-refractivity contribution in [1.82, 2.24) is 4.90 Å². The van der Waals surface area contributed by atoms with Crippen LogP contribution in [0.5, 0.6) is 0 Å². The van der Waals surface area contributed by atoms with Crippen molar-refractivity contribution < 1.29 is 0 Å². The molecule has 0 bridgehead atoms. The monoisotopic (exact) mass is 233 g/mol. The Morgan fingerprint density at radius 2 is 2.00 bits per heavy atom. The van der Waals surface area contributed by atoms with E-state index in [9.17, 15) is 0 Å². The van der Waals surface area contributed by atoms with Crippen molar-refractivity contribution in [2.24, 2.45) is 17.3 Å². The molecule has 0 N–H and O–H groups in total. The van der Waals surface area contributed by atoms with Gasteiger partial charge in [0.05, 0.1) is 0 Å². The zero-order chi connectivity index (χ0) is 12.3. The highest BCUT2D eigenvalue weighted by Gasteiger charge is 2.25. The molecule has 0 saturated carbocycles. The lowest BCUT2D eigenvalue weighted by Crippen LogP contribution is -2.21. The van der Waals surface area contributed by atoms with Crippen LogP contribution in [0.25, 0.3) is 0 Å². The van der Waals surface area contributed by atoms with E-state index in [1.54, 1.807) is 0 Å². The first-order valence-electron chi connectivity index (χ1n) is 7.22. The highest BCUT2D eigenvalue weighted by Crippen LogP contribution is 2.36. The maximum Gasteiger partial charge on any atom is 0.0173 e. The van der Waals surface area contributed by atoms with E-state index in [1.165, 1.54) is 38.8 Å². The van der Waals surface area contributed by atoms with E-state index in [0.717, 1.165) is 11.8 Å². The second-order valence-electron chi connectivity index (χ2n) is 6.37. The molecule has 1 saturated heterocycles. The van der Waals surface area contributed by atoms with E-state index >= 15 is 0 Å². The van der Waals surface area contributed by atoms with Gasteiger partial charge in [-0.15, -0.1) is 0 Å². The van der Waals surface area contributed by atoms with Crippen molar-refractivity contribution in [1.29, 1.82) is 0 Å². The summed E-state index contributed by atoms with van der Waals surface area (Å²) >= 11 is 0. The van der Waals surface area contributed by atoms with Gasteiger partial charge in [-0.05, 0) is 43.7 Å². The standard InChI is InChI=1S/C16H27N/c1-14(2)15-6-8-16(3,9-7-15)10-13-17-11-4-5-12-17/h6,8,10,13-15H,4-5,7,9,11-12H2,1-3H3/b13-10+/t15-,16+/m1/s1. The van der Waals surface area contributed by atoms with Gasteiger partial charge in [0.1, 0.15) is 0 Å². The topological polar surface area (TPSA) is 3.24 Å². The average molecular weight is 233 g/mol. The lowest BCUT2D eigenvalue weighted by atomic mass is 9.74. The molecule has 17 heavy (non-hydrogen) atoms. The third kappa shape index (κ3) is 3.37. The number of rotatable bonds is 3. The van der Waals surface area contributed by atoms with E-state index in [1.807, 2.05) is 0 Å². The Morgan fingerprint density at radius 3 is 2.53 bits per heavy atom. The molecule has 0 spiro atoms. The molecule has 0 unspecified atom stereocenters. The molecule has 0 amide bonds. The second kappa shape index (κ2) is 5.29. The molecule has 2 aliphatic rings. The van der Waals surface area contributed by atoms with Crippen LogP contribution < -0.4 is 0 Å². The normalized spacial score (nSPS) is 34.1. The summed E-state index contributed by atoms with van der Waals surface area (Å²) in [5.41, 5.74) is 0.300. The van der Waals surface area contributed by atoms with Gasteiger partial charge in [0, 0.05) is 18.5 Å². The zero-order valence-corrected chi connectivity index (χ0v) is 11.7. The summed E-state index contributed by atoms with van der Waals surface area (Å²) in [5.74, 6) is 1.58. The lowest BCUT2D eigenvalue weighted by molar-refractivity contribution is 0.337. The predicted molar refractivity (Wildman–Crippen MR) is 74.8 cm³/mol. The molecule has 0 aromatic carbocycles. The van der Waals surface area contributed by atoms with Gasteiger partial charge in [0.15, 0.2) is 0 Å². The third-order valence-corrected chi connectivity index (χ3v) is 4.40. The van der Waals surface area contributed by atoms with Gasteiger partial charge in [-0.1, -0.05) is 39.0 Å². The third-order valence-electron chi connectivity index (χ3n) is 4.40. The van der Waals surface area contributed by atoms with E-state index in [-0.39, 0.29) is 0 Å². The number of allylic oxidation sites excluding steroid dienone is 3. The molecule has 1 aliphatic carbocycles. The van der Waals surface area contributed by atoms with E-state index < -0.39 is 0 Å². The number of likely N-dealkylation sites (tertiary alicyclic amines) is 1. The van der Waals surface area contributed by atoms with Crippen molar-refractivity contribution >= 4 is 0 Å². The summed E-state index contributed by atoms with van der Waals surface area (Å²) in [7, 11) is 0. The molecule has 0 aromatic heterocycles. The van der Waals surface area contributed by atoms with Gasteiger partial charge < -0.3 is 4.90 Å². The summed E-state index contributed by atoms with van der Waals surface area (Å²) in [5, 5.41) is 0. The fraction of sp³-hybridized carbons (Fsp3) is 0.750. The minimum absolute atomic E-state index is 0.300. The van der Waals surface area contributed by atoms with Gasteiger partial charge in [-0.3, -0.25) is 0 Å². The lowest BCUT2D eigenvalue weighted by Gasteiger charge is -2.31. The van der Waals surface area contributed by atoms with Gasteiger partial charge >= 0.3 is 0 Å². The first-order chi connectivity index (χ1) is 8.09. The summed E-state index contributed by atoms with van der Waals surface area (Å²) in [6, 6.07) is 0. The largest absolute Gasteiger partial charge is 0.378 e. The van der Waals surface area contributed by atoms with Crippen LogP contribution >= 0.6 is 0 Å². The molecule has 1 heteroatoms. The molecule has 0 aromatic rings. The number of hydrogen-bond acceptors (Lipinski definition) is 1. The highest BCUT2D eigenvalue weighted by atomic mass is 15.1. The molecule has 0 radical (unpaired) electrons.